The van der Waals surface area contributed by atoms with Crippen molar-refractivity contribution in [1.82, 2.24) is 0 Å². The number of thioether (sulfide) groups is 1. The Hall–Kier alpha value is -2.05. The molecule has 0 aliphatic carbocycles. The van der Waals surface area contributed by atoms with Gasteiger partial charge in [0.1, 0.15) is 5.82 Å². The number of anilines is 2. The van der Waals surface area contributed by atoms with Crippen molar-refractivity contribution in [2.75, 3.05) is 22.1 Å². The standard InChI is InChI=1S/C17H16ClFN2O2S/c1-11-3-2-4-13(7-11)20-16(22)9-24-10-17(23)21-15-6-5-12(18)8-14(15)19/h2-8H,9-10H2,1H3,(H,20,22)(H,21,23). The summed E-state index contributed by atoms with van der Waals surface area (Å²) in [6.07, 6.45) is 0. The summed E-state index contributed by atoms with van der Waals surface area (Å²) in [5.74, 6) is -1.01. The SMILES string of the molecule is Cc1cccc(NC(=O)CSCC(=O)Nc2ccc(Cl)cc2F)c1. The lowest BCUT2D eigenvalue weighted by molar-refractivity contribution is -0.114. The zero-order valence-electron chi connectivity index (χ0n) is 12.9. The van der Waals surface area contributed by atoms with Gasteiger partial charge in [-0.25, -0.2) is 4.39 Å². The summed E-state index contributed by atoms with van der Waals surface area (Å²) in [6.45, 7) is 1.94. The number of carbonyl (C=O) groups excluding carboxylic acids is 2. The van der Waals surface area contributed by atoms with Crippen molar-refractivity contribution in [2.24, 2.45) is 0 Å². The third-order valence-corrected chi connectivity index (χ3v) is 4.14. The molecule has 2 rings (SSSR count). The lowest BCUT2D eigenvalue weighted by Gasteiger charge is -2.07. The quantitative estimate of drug-likeness (QED) is 0.809. The molecule has 4 nitrogen and oxygen atoms in total. The van der Waals surface area contributed by atoms with E-state index in [1.165, 1.54) is 12.1 Å². The van der Waals surface area contributed by atoms with Gasteiger partial charge in [-0.1, -0.05) is 23.7 Å². The van der Waals surface area contributed by atoms with Gasteiger partial charge in [0.15, 0.2) is 0 Å². The molecule has 126 valence electrons. The fraction of sp³-hybridized carbons (Fsp3) is 0.176. The number of amides is 2. The molecule has 7 heteroatoms. The lowest BCUT2D eigenvalue weighted by Crippen LogP contribution is -2.18. The van der Waals surface area contributed by atoms with Crippen LogP contribution in [0.5, 0.6) is 0 Å². The Morgan fingerprint density at radius 2 is 1.79 bits per heavy atom. The van der Waals surface area contributed by atoms with Crippen LogP contribution in [0.25, 0.3) is 0 Å². The molecule has 24 heavy (non-hydrogen) atoms. The highest BCUT2D eigenvalue weighted by atomic mass is 35.5. The molecule has 2 N–H and O–H groups in total. The van der Waals surface area contributed by atoms with Crippen LogP contribution in [-0.4, -0.2) is 23.3 Å². The Balaban J connectivity index is 1.75. The second-order valence-electron chi connectivity index (χ2n) is 5.08. The van der Waals surface area contributed by atoms with Crippen LogP contribution in [0.4, 0.5) is 15.8 Å². The number of nitrogens with one attached hydrogen (secondary N) is 2. The third kappa shape index (κ3) is 5.86. The van der Waals surface area contributed by atoms with E-state index in [0.717, 1.165) is 23.4 Å². The van der Waals surface area contributed by atoms with Gasteiger partial charge in [-0.2, -0.15) is 0 Å². The third-order valence-electron chi connectivity index (χ3n) is 2.97. The van der Waals surface area contributed by atoms with Crippen LogP contribution >= 0.6 is 23.4 Å². The number of aryl methyl sites for hydroxylation is 1. The second kappa shape index (κ2) is 8.70. The molecular weight excluding hydrogens is 351 g/mol. The van der Waals surface area contributed by atoms with Gasteiger partial charge in [0, 0.05) is 10.7 Å². The fourth-order valence-corrected chi connectivity index (χ4v) is 2.71. The van der Waals surface area contributed by atoms with E-state index in [1.54, 1.807) is 6.07 Å². The number of rotatable bonds is 6. The average molecular weight is 367 g/mol. The van der Waals surface area contributed by atoms with E-state index in [1.807, 2.05) is 25.1 Å². The molecule has 2 aromatic rings. The van der Waals surface area contributed by atoms with E-state index in [2.05, 4.69) is 10.6 Å². The normalized spacial score (nSPS) is 10.3. The summed E-state index contributed by atoms with van der Waals surface area (Å²) in [6, 6.07) is 11.5. The van der Waals surface area contributed by atoms with Crippen molar-refractivity contribution in [3.63, 3.8) is 0 Å². The first-order valence-corrected chi connectivity index (χ1v) is 8.66. The molecule has 0 spiro atoms. The highest BCUT2D eigenvalue weighted by Gasteiger charge is 2.09. The van der Waals surface area contributed by atoms with Gasteiger partial charge in [-0.05, 0) is 42.8 Å². The summed E-state index contributed by atoms with van der Waals surface area (Å²) >= 11 is 6.80. The van der Waals surface area contributed by atoms with E-state index < -0.39 is 5.82 Å². The number of halogens is 2. The maximum Gasteiger partial charge on any atom is 0.234 e. The molecule has 0 bridgehead atoms. The van der Waals surface area contributed by atoms with Gasteiger partial charge in [-0.3, -0.25) is 9.59 Å². The molecular formula is C17H16ClFN2O2S. The van der Waals surface area contributed by atoms with E-state index >= 15 is 0 Å². The largest absolute Gasteiger partial charge is 0.325 e. The maximum atomic E-state index is 13.6. The van der Waals surface area contributed by atoms with Gasteiger partial charge >= 0.3 is 0 Å². The Labute approximate surface area is 148 Å². The molecule has 0 radical (unpaired) electrons. The molecule has 0 saturated carbocycles. The molecule has 0 fully saturated rings. The van der Waals surface area contributed by atoms with E-state index in [-0.39, 0.29) is 34.0 Å². The van der Waals surface area contributed by atoms with Crippen molar-refractivity contribution in [3.05, 3.63) is 58.9 Å². The monoisotopic (exact) mass is 366 g/mol. The highest BCUT2D eigenvalue weighted by Crippen LogP contribution is 2.19. The minimum Gasteiger partial charge on any atom is -0.325 e. The van der Waals surface area contributed by atoms with Crippen LogP contribution in [0.3, 0.4) is 0 Å². The zero-order chi connectivity index (χ0) is 17.5. The van der Waals surface area contributed by atoms with E-state index in [4.69, 9.17) is 11.6 Å². The van der Waals surface area contributed by atoms with Gasteiger partial charge in [0.05, 0.1) is 17.2 Å². The number of hydrogen-bond acceptors (Lipinski definition) is 3. The van der Waals surface area contributed by atoms with Crippen molar-refractivity contribution in [3.8, 4) is 0 Å². The molecule has 0 aliphatic rings. The Bertz CT molecular complexity index is 755. The molecule has 0 aliphatic heterocycles. The highest BCUT2D eigenvalue weighted by molar-refractivity contribution is 8.00. The van der Waals surface area contributed by atoms with Crippen LogP contribution in [-0.2, 0) is 9.59 Å². The average Bonchev–Trinajstić information content (AvgIpc) is 2.50. The lowest BCUT2D eigenvalue weighted by atomic mass is 10.2. The predicted molar refractivity (Wildman–Crippen MR) is 97.2 cm³/mol. The van der Waals surface area contributed by atoms with Gasteiger partial charge in [0.2, 0.25) is 11.8 Å². The first-order valence-electron chi connectivity index (χ1n) is 7.13. The minimum atomic E-state index is -0.599. The molecule has 0 aromatic heterocycles. The topological polar surface area (TPSA) is 58.2 Å². The first kappa shape index (κ1) is 18.3. The van der Waals surface area contributed by atoms with Crippen molar-refractivity contribution >= 4 is 46.6 Å². The van der Waals surface area contributed by atoms with Crippen molar-refractivity contribution in [2.45, 2.75) is 6.92 Å². The summed E-state index contributed by atoms with van der Waals surface area (Å²) in [5, 5.41) is 5.46. The maximum absolute atomic E-state index is 13.6. The van der Waals surface area contributed by atoms with Gasteiger partial charge < -0.3 is 10.6 Å². The molecule has 0 unspecified atom stereocenters. The Kier molecular flexibility index (Phi) is 6.63. The van der Waals surface area contributed by atoms with Crippen LogP contribution in [0.2, 0.25) is 5.02 Å². The molecule has 0 atom stereocenters. The predicted octanol–water partition coefficient (Wildman–Crippen LogP) is 4.10. The second-order valence-corrected chi connectivity index (χ2v) is 6.50. The Morgan fingerprint density at radius 3 is 2.46 bits per heavy atom. The number of carbonyl (C=O) groups is 2. The minimum absolute atomic E-state index is 0.0449. The van der Waals surface area contributed by atoms with E-state index in [9.17, 15) is 14.0 Å². The number of benzene rings is 2. The summed E-state index contributed by atoms with van der Waals surface area (Å²) < 4.78 is 13.6. The zero-order valence-corrected chi connectivity index (χ0v) is 14.5. The van der Waals surface area contributed by atoms with E-state index in [0.29, 0.717) is 5.69 Å². The first-order chi connectivity index (χ1) is 11.4. The van der Waals surface area contributed by atoms with Crippen molar-refractivity contribution < 1.29 is 14.0 Å². The van der Waals surface area contributed by atoms with Gasteiger partial charge in [0.25, 0.3) is 0 Å². The smallest absolute Gasteiger partial charge is 0.234 e. The molecule has 0 heterocycles. The number of hydrogen-bond donors (Lipinski definition) is 2. The Morgan fingerprint density at radius 1 is 1.08 bits per heavy atom. The molecule has 2 aromatic carbocycles. The summed E-state index contributed by atoms with van der Waals surface area (Å²) in [4.78, 5) is 23.6. The van der Waals surface area contributed by atoms with Crippen LogP contribution < -0.4 is 10.6 Å². The van der Waals surface area contributed by atoms with Crippen LogP contribution in [0, 0.1) is 12.7 Å². The summed E-state index contributed by atoms with van der Waals surface area (Å²) in [7, 11) is 0. The van der Waals surface area contributed by atoms with Crippen LogP contribution in [0.15, 0.2) is 42.5 Å². The van der Waals surface area contributed by atoms with Crippen molar-refractivity contribution in [1.29, 1.82) is 0 Å². The summed E-state index contributed by atoms with van der Waals surface area (Å²) in [5.41, 5.74) is 1.83. The molecule has 2 amide bonds. The van der Waals surface area contributed by atoms with Crippen LogP contribution in [0.1, 0.15) is 5.56 Å². The van der Waals surface area contributed by atoms with Gasteiger partial charge in [-0.15, -0.1) is 11.8 Å². The fourth-order valence-electron chi connectivity index (χ4n) is 1.93. The molecule has 0 saturated heterocycles.